The molecule has 0 bridgehead atoms. The van der Waals surface area contributed by atoms with Gasteiger partial charge in [-0.1, -0.05) is 11.3 Å². The molecule has 0 radical (unpaired) electrons. The van der Waals surface area contributed by atoms with Crippen LogP contribution in [0.2, 0.25) is 0 Å². The zero-order valence-corrected chi connectivity index (χ0v) is 19.5. The third-order valence-corrected chi connectivity index (χ3v) is 9.47. The Labute approximate surface area is 192 Å². The lowest BCUT2D eigenvalue weighted by molar-refractivity contribution is -0.120. The van der Waals surface area contributed by atoms with Crippen LogP contribution in [0.25, 0.3) is 20.4 Å². The van der Waals surface area contributed by atoms with Gasteiger partial charge in [0.2, 0.25) is 15.9 Å². The highest BCUT2D eigenvalue weighted by Gasteiger charge is 2.33. The van der Waals surface area contributed by atoms with Crippen LogP contribution >= 0.6 is 22.7 Å². The van der Waals surface area contributed by atoms with Crippen LogP contribution in [0.5, 0.6) is 0 Å². The number of aryl methyl sites for hydroxylation is 1. The van der Waals surface area contributed by atoms with E-state index < -0.39 is 21.8 Å². The number of hydrogen-bond acceptors (Lipinski definition) is 7. The summed E-state index contributed by atoms with van der Waals surface area (Å²) < 4.78 is 42.4. The van der Waals surface area contributed by atoms with Crippen LogP contribution < -0.4 is 5.32 Å². The number of carbonyl (C=O) groups excluding carboxylic acids is 1. The second-order valence-electron chi connectivity index (χ2n) is 7.66. The van der Waals surface area contributed by atoms with Gasteiger partial charge < -0.3 is 5.32 Å². The summed E-state index contributed by atoms with van der Waals surface area (Å²) in [6, 6.07) is 8.55. The molecule has 3 heterocycles. The Kier molecular flexibility index (Phi) is 5.44. The van der Waals surface area contributed by atoms with Gasteiger partial charge in [0, 0.05) is 13.1 Å². The average molecular weight is 491 g/mol. The topological polar surface area (TPSA) is 92.3 Å². The number of amides is 1. The monoisotopic (exact) mass is 490 g/mol. The number of anilines is 1. The molecule has 1 aliphatic heterocycles. The second-order valence-corrected chi connectivity index (χ2v) is 11.8. The summed E-state index contributed by atoms with van der Waals surface area (Å²) in [5, 5.41) is 4.33. The van der Waals surface area contributed by atoms with Crippen molar-refractivity contribution < 1.29 is 17.6 Å². The maximum atomic E-state index is 13.2. The predicted molar refractivity (Wildman–Crippen MR) is 124 cm³/mol. The first-order valence-electron chi connectivity index (χ1n) is 10.0. The van der Waals surface area contributed by atoms with Gasteiger partial charge in [0.25, 0.3) is 0 Å². The van der Waals surface area contributed by atoms with E-state index in [9.17, 15) is 17.6 Å². The first-order chi connectivity index (χ1) is 15.3. The molecule has 2 aromatic heterocycles. The lowest BCUT2D eigenvalue weighted by Crippen LogP contribution is -2.43. The largest absolute Gasteiger partial charge is 0.302 e. The van der Waals surface area contributed by atoms with Crippen LogP contribution in [0.3, 0.4) is 0 Å². The minimum absolute atomic E-state index is 0.0231. The molecule has 1 fully saturated rings. The number of rotatable bonds is 4. The third-order valence-electron chi connectivity index (χ3n) is 5.46. The molecular formula is C21H19FN4O3S3. The maximum Gasteiger partial charge on any atom is 0.243 e. The number of benzene rings is 2. The fourth-order valence-corrected chi connectivity index (χ4v) is 7.41. The molecule has 0 spiro atoms. The van der Waals surface area contributed by atoms with Crippen molar-refractivity contribution in [1.82, 2.24) is 14.3 Å². The van der Waals surface area contributed by atoms with E-state index in [0.29, 0.717) is 24.5 Å². The van der Waals surface area contributed by atoms with Gasteiger partial charge in [-0.3, -0.25) is 4.79 Å². The molecule has 11 heteroatoms. The van der Waals surface area contributed by atoms with Crippen molar-refractivity contribution in [3.63, 3.8) is 0 Å². The number of halogens is 1. The summed E-state index contributed by atoms with van der Waals surface area (Å²) in [5.41, 5.74) is 1.71. The van der Waals surface area contributed by atoms with Crippen molar-refractivity contribution in [2.24, 2.45) is 5.92 Å². The zero-order chi connectivity index (χ0) is 22.5. The number of sulfonamides is 1. The normalized spacial score (nSPS) is 17.8. The Hall–Kier alpha value is -2.47. The number of hydrogen-bond donors (Lipinski definition) is 1. The molecule has 32 heavy (non-hydrogen) atoms. The van der Waals surface area contributed by atoms with E-state index in [4.69, 9.17) is 0 Å². The van der Waals surface area contributed by atoms with Crippen molar-refractivity contribution in [3.8, 4) is 0 Å². The first kappa shape index (κ1) is 21.4. The predicted octanol–water partition coefficient (Wildman–Crippen LogP) is 4.39. The number of nitrogens with zero attached hydrogens (tertiary/aromatic N) is 3. The fraction of sp³-hybridized carbons (Fsp3) is 0.286. The second kappa shape index (κ2) is 8.14. The highest BCUT2D eigenvalue weighted by Crippen LogP contribution is 2.36. The molecule has 1 saturated heterocycles. The van der Waals surface area contributed by atoms with Gasteiger partial charge in [0.15, 0.2) is 5.13 Å². The summed E-state index contributed by atoms with van der Waals surface area (Å²) in [7, 11) is -3.79. The molecule has 5 rings (SSSR count). The molecule has 4 aromatic rings. The van der Waals surface area contributed by atoms with Crippen LogP contribution in [0.15, 0.2) is 41.3 Å². The fourth-order valence-electron chi connectivity index (χ4n) is 3.88. The molecule has 1 unspecified atom stereocenters. The van der Waals surface area contributed by atoms with E-state index in [2.05, 4.69) is 15.3 Å². The lowest BCUT2D eigenvalue weighted by atomic mass is 9.99. The zero-order valence-electron chi connectivity index (χ0n) is 17.0. The van der Waals surface area contributed by atoms with Gasteiger partial charge in [-0.25, -0.2) is 22.8 Å². The maximum absolute atomic E-state index is 13.2. The van der Waals surface area contributed by atoms with Crippen molar-refractivity contribution in [2.75, 3.05) is 18.4 Å². The minimum atomic E-state index is -3.79. The van der Waals surface area contributed by atoms with Crippen LogP contribution in [-0.4, -0.2) is 41.7 Å². The number of piperidine rings is 1. The molecule has 1 amide bonds. The van der Waals surface area contributed by atoms with E-state index in [-0.39, 0.29) is 17.3 Å². The van der Waals surface area contributed by atoms with Crippen LogP contribution in [0.4, 0.5) is 9.52 Å². The lowest BCUT2D eigenvalue weighted by Gasteiger charge is -2.31. The van der Waals surface area contributed by atoms with Crippen LogP contribution in [0, 0.1) is 18.7 Å². The van der Waals surface area contributed by atoms with Gasteiger partial charge in [0.05, 0.1) is 36.3 Å². The Morgan fingerprint density at radius 3 is 2.53 bits per heavy atom. The third kappa shape index (κ3) is 3.90. The highest BCUT2D eigenvalue weighted by molar-refractivity contribution is 7.89. The van der Waals surface area contributed by atoms with Gasteiger partial charge in [-0.2, -0.15) is 4.31 Å². The van der Waals surface area contributed by atoms with Gasteiger partial charge in [-0.15, -0.1) is 11.3 Å². The SMILES string of the molecule is Cc1nc2ccc3nc(NC(=O)C4CCCN(S(=O)(=O)c5ccc(F)cc5)C4)sc3c2s1. The van der Waals surface area contributed by atoms with Crippen molar-refractivity contribution in [3.05, 3.63) is 47.2 Å². The molecule has 1 N–H and O–H groups in total. The van der Waals surface area contributed by atoms with Gasteiger partial charge in [0.1, 0.15) is 5.82 Å². The highest BCUT2D eigenvalue weighted by atomic mass is 32.2. The molecule has 7 nitrogen and oxygen atoms in total. The minimum Gasteiger partial charge on any atom is -0.302 e. The Morgan fingerprint density at radius 2 is 1.78 bits per heavy atom. The molecule has 0 saturated carbocycles. The van der Waals surface area contributed by atoms with Gasteiger partial charge >= 0.3 is 0 Å². The molecule has 0 aliphatic carbocycles. The number of thiazole rings is 2. The Bertz CT molecular complexity index is 1430. The number of nitrogens with one attached hydrogen (secondary N) is 1. The molecule has 2 aromatic carbocycles. The number of fused-ring (bicyclic) bond motifs is 3. The van der Waals surface area contributed by atoms with E-state index in [0.717, 1.165) is 37.6 Å². The molecular weight excluding hydrogens is 471 g/mol. The summed E-state index contributed by atoms with van der Waals surface area (Å²) >= 11 is 2.99. The summed E-state index contributed by atoms with van der Waals surface area (Å²) in [5.74, 6) is -1.24. The number of carbonyl (C=O) groups is 1. The molecule has 166 valence electrons. The van der Waals surface area contributed by atoms with Crippen molar-refractivity contribution in [1.29, 1.82) is 0 Å². The standard InChI is InChI=1S/C21H19FN4O3S3/c1-12-23-16-8-9-17-19(18(16)30-12)31-21(24-17)25-20(27)13-3-2-10-26(11-13)32(28,29)15-6-4-14(22)5-7-15/h4-9,13H,2-3,10-11H2,1H3,(H,24,25,27). The quantitative estimate of drug-likeness (QED) is 0.458. The van der Waals surface area contributed by atoms with E-state index in [1.807, 2.05) is 19.1 Å². The van der Waals surface area contributed by atoms with E-state index in [1.165, 1.54) is 27.8 Å². The molecule has 1 aliphatic rings. The smallest absolute Gasteiger partial charge is 0.243 e. The van der Waals surface area contributed by atoms with Crippen LogP contribution in [-0.2, 0) is 14.8 Å². The van der Waals surface area contributed by atoms with Gasteiger partial charge in [-0.05, 0) is 56.2 Å². The number of aromatic nitrogens is 2. The van der Waals surface area contributed by atoms with E-state index >= 15 is 0 Å². The van der Waals surface area contributed by atoms with Crippen molar-refractivity contribution >= 4 is 64.2 Å². The first-order valence-corrected chi connectivity index (χ1v) is 13.1. The Balaban J connectivity index is 1.34. The van der Waals surface area contributed by atoms with Crippen LogP contribution in [0.1, 0.15) is 17.8 Å². The van der Waals surface area contributed by atoms with Crippen molar-refractivity contribution in [2.45, 2.75) is 24.7 Å². The molecule has 1 atom stereocenters. The summed E-state index contributed by atoms with van der Waals surface area (Å²) in [6.07, 6.45) is 1.16. The van der Waals surface area contributed by atoms with E-state index in [1.54, 1.807) is 11.3 Å². The summed E-state index contributed by atoms with van der Waals surface area (Å²) in [4.78, 5) is 22.0. The average Bonchev–Trinajstić information content (AvgIpc) is 3.36. The Morgan fingerprint density at radius 1 is 1.09 bits per heavy atom. The summed E-state index contributed by atoms with van der Waals surface area (Å²) in [6.45, 7) is 2.36.